The number of carbonyl (C=O) groups excluding carboxylic acids is 1. The monoisotopic (exact) mass is 320 g/mol. The molecule has 0 saturated heterocycles. The Morgan fingerprint density at radius 2 is 1.91 bits per heavy atom. The number of H-pyrrole nitrogens is 1. The summed E-state index contributed by atoms with van der Waals surface area (Å²) in [5, 5.41) is 0. The Labute approximate surface area is 130 Å². The number of hydrogen-bond acceptors (Lipinski definition) is 3. The van der Waals surface area contributed by atoms with Gasteiger partial charge in [-0.3, -0.25) is 9.59 Å². The number of aromatic nitrogens is 1. The molecule has 1 aromatic carbocycles. The lowest BCUT2D eigenvalue weighted by atomic mass is 10.0. The van der Waals surface area contributed by atoms with Gasteiger partial charge >= 0.3 is 0 Å². The lowest BCUT2D eigenvalue weighted by molar-refractivity contribution is 0.0733. The molecule has 2 heterocycles. The fraction of sp³-hybridized carbons (Fsp3) is 0.250. The van der Waals surface area contributed by atoms with Gasteiger partial charge in [0.15, 0.2) is 17.4 Å². The minimum atomic E-state index is -0.919. The van der Waals surface area contributed by atoms with Gasteiger partial charge in [0.05, 0.1) is 7.11 Å². The van der Waals surface area contributed by atoms with Crippen molar-refractivity contribution < 1.29 is 18.3 Å². The van der Waals surface area contributed by atoms with Crippen molar-refractivity contribution in [1.82, 2.24) is 9.88 Å². The van der Waals surface area contributed by atoms with Crippen LogP contribution >= 0.6 is 0 Å². The van der Waals surface area contributed by atoms with E-state index in [1.54, 1.807) is 6.20 Å². The predicted octanol–water partition coefficient (Wildman–Crippen LogP) is 1.86. The molecular weight excluding hydrogens is 306 g/mol. The van der Waals surface area contributed by atoms with Gasteiger partial charge in [0, 0.05) is 30.9 Å². The molecule has 120 valence electrons. The van der Waals surface area contributed by atoms with Gasteiger partial charge in [-0.2, -0.15) is 0 Å². The zero-order valence-electron chi connectivity index (χ0n) is 12.4. The number of aromatic amines is 1. The number of hydrogen-bond donors (Lipinski definition) is 1. The molecule has 23 heavy (non-hydrogen) atoms. The Morgan fingerprint density at radius 1 is 1.22 bits per heavy atom. The molecule has 0 saturated carbocycles. The molecule has 1 aliphatic heterocycles. The summed E-state index contributed by atoms with van der Waals surface area (Å²) >= 11 is 0. The van der Waals surface area contributed by atoms with E-state index in [0.717, 1.165) is 30.4 Å². The molecule has 3 rings (SSSR count). The lowest BCUT2D eigenvalue weighted by Gasteiger charge is -2.28. The van der Waals surface area contributed by atoms with Gasteiger partial charge in [-0.1, -0.05) is 0 Å². The highest BCUT2D eigenvalue weighted by Gasteiger charge is 2.24. The zero-order chi connectivity index (χ0) is 16.6. The van der Waals surface area contributed by atoms with E-state index in [4.69, 9.17) is 0 Å². The molecule has 7 heteroatoms. The van der Waals surface area contributed by atoms with E-state index in [1.165, 1.54) is 11.0 Å². The number of methoxy groups -OCH3 is 1. The Balaban J connectivity index is 1.87. The molecule has 0 aliphatic carbocycles. The quantitative estimate of drug-likeness (QED) is 0.919. The highest BCUT2D eigenvalue weighted by Crippen LogP contribution is 2.25. The Bertz CT molecular complexity index is 809. The first-order chi connectivity index (χ1) is 11.0. The molecule has 0 fully saturated rings. The second-order valence-corrected chi connectivity index (χ2v) is 5.30. The topological polar surface area (TPSA) is 62.4 Å². The number of fused-ring (bicyclic) bond motifs is 1. The van der Waals surface area contributed by atoms with Crippen LogP contribution < -0.4 is 10.3 Å². The number of nitrogens with zero attached hydrogens (tertiary/aromatic N) is 1. The van der Waals surface area contributed by atoms with Crippen molar-refractivity contribution in [3.05, 3.63) is 63.1 Å². The fourth-order valence-corrected chi connectivity index (χ4v) is 2.70. The van der Waals surface area contributed by atoms with E-state index in [9.17, 15) is 18.4 Å². The summed E-state index contributed by atoms with van der Waals surface area (Å²) in [7, 11) is 1.16. The molecule has 1 aromatic heterocycles. The molecule has 0 unspecified atom stereocenters. The summed E-state index contributed by atoms with van der Waals surface area (Å²) in [5.74, 6) is -2.82. The van der Waals surface area contributed by atoms with Crippen molar-refractivity contribution in [3.8, 4) is 5.75 Å². The van der Waals surface area contributed by atoms with Crippen LogP contribution in [0.2, 0.25) is 0 Å². The summed E-state index contributed by atoms with van der Waals surface area (Å²) < 4.78 is 32.1. The van der Waals surface area contributed by atoms with Gasteiger partial charge in [-0.25, -0.2) is 8.78 Å². The van der Waals surface area contributed by atoms with E-state index in [-0.39, 0.29) is 17.7 Å². The standard InChI is InChI=1S/C16H14F2N2O3/c1-23-15-12(17)4-10(5-13(15)18)16(22)20-3-2-9-6-14(21)19-7-11(9)8-20/h4-7H,2-3,8H2,1H3,(H,19,21). The van der Waals surface area contributed by atoms with Crippen LogP contribution in [0.1, 0.15) is 21.5 Å². The maximum Gasteiger partial charge on any atom is 0.254 e. The highest BCUT2D eigenvalue weighted by molar-refractivity contribution is 5.94. The molecule has 0 radical (unpaired) electrons. The molecule has 5 nitrogen and oxygen atoms in total. The molecule has 1 amide bonds. The zero-order valence-corrected chi connectivity index (χ0v) is 12.4. The number of amides is 1. The van der Waals surface area contributed by atoms with Crippen molar-refractivity contribution >= 4 is 5.91 Å². The average Bonchev–Trinajstić information content (AvgIpc) is 2.53. The summed E-state index contributed by atoms with van der Waals surface area (Å²) in [6.45, 7) is 0.658. The highest BCUT2D eigenvalue weighted by atomic mass is 19.1. The second kappa shape index (κ2) is 5.83. The van der Waals surface area contributed by atoms with Gasteiger partial charge in [-0.15, -0.1) is 0 Å². The Hall–Kier alpha value is -2.70. The summed E-state index contributed by atoms with van der Waals surface area (Å²) in [6.07, 6.45) is 2.08. The van der Waals surface area contributed by atoms with Crippen LogP contribution in [0, 0.1) is 11.6 Å². The Kier molecular flexibility index (Phi) is 3.85. The second-order valence-electron chi connectivity index (χ2n) is 5.30. The number of rotatable bonds is 2. The van der Waals surface area contributed by atoms with Crippen LogP contribution in [0.3, 0.4) is 0 Å². The number of ether oxygens (including phenoxy) is 1. The third-order valence-corrected chi connectivity index (χ3v) is 3.86. The third-order valence-electron chi connectivity index (χ3n) is 3.86. The first-order valence-corrected chi connectivity index (χ1v) is 7.02. The molecular formula is C16H14F2N2O3. The molecule has 0 bridgehead atoms. The average molecular weight is 320 g/mol. The molecule has 0 spiro atoms. The fourth-order valence-electron chi connectivity index (χ4n) is 2.70. The summed E-state index contributed by atoms with van der Waals surface area (Å²) in [4.78, 5) is 27.8. The minimum Gasteiger partial charge on any atom is -0.491 e. The largest absolute Gasteiger partial charge is 0.491 e. The van der Waals surface area contributed by atoms with Crippen LogP contribution in [0.4, 0.5) is 8.78 Å². The Morgan fingerprint density at radius 3 is 2.57 bits per heavy atom. The number of halogens is 2. The maximum atomic E-state index is 13.7. The normalized spacial score (nSPS) is 13.6. The number of carbonyl (C=O) groups is 1. The van der Waals surface area contributed by atoms with E-state index < -0.39 is 23.3 Å². The first-order valence-electron chi connectivity index (χ1n) is 7.02. The SMILES string of the molecule is COc1c(F)cc(C(=O)N2CCc3cc(=O)[nH]cc3C2)cc1F. The van der Waals surface area contributed by atoms with Gasteiger partial charge in [0.1, 0.15) is 0 Å². The third kappa shape index (κ3) is 2.81. The van der Waals surface area contributed by atoms with Crippen LogP contribution in [-0.2, 0) is 13.0 Å². The van der Waals surface area contributed by atoms with Crippen molar-refractivity contribution in [2.24, 2.45) is 0 Å². The first kappa shape index (κ1) is 15.2. The van der Waals surface area contributed by atoms with Crippen LogP contribution in [-0.4, -0.2) is 29.4 Å². The van der Waals surface area contributed by atoms with Crippen molar-refractivity contribution in [2.75, 3.05) is 13.7 Å². The summed E-state index contributed by atoms with van der Waals surface area (Å²) in [6, 6.07) is 3.43. The molecule has 2 aromatic rings. The van der Waals surface area contributed by atoms with Crippen molar-refractivity contribution in [2.45, 2.75) is 13.0 Å². The van der Waals surface area contributed by atoms with Crippen LogP contribution in [0.5, 0.6) is 5.75 Å². The number of benzene rings is 1. The van der Waals surface area contributed by atoms with Gasteiger partial charge in [0.25, 0.3) is 5.91 Å². The van der Waals surface area contributed by atoms with E-state index in [2.05, 4.69) is 9.72 Å². The number of nitrogens with one attached hydrogen (secondary N) is 1. The van der Waals surface area contributed by atoms with Crippen LogP contribution in [0.15, 0.2) is 29.2 Å². The van der Waals surface area contributed by atoms with E-state index in [0.29, 0.717) is 13.0 Å². The van der Waals surface area contributed by atoms with Crippen molar-refractivity contribution in [3.63, 3.8) is 0 Å². The van der Waals surface area contributed by atoms with E-state index in [1.807, 2.05) is 0 Å². The maximum absolute atomic E-state index is 13.7. The van der Waals surface area contributed by atoms with Gasteiger partial charge in [0.2, 0.25) is 5.56 Å². The summed E-state index contributed by atoms with van der Waals surface area (Å²) in [5.41, 5.74) is 1.43. The van der Waals surface area contributed by atoms with E-state index >= 15 is 0 Å². The molecule has 1 aliphatic rings. The number of pyridine rings is 1. The molecule has 0 atom stereocenters. The van der Waals surface area contributed by atoms with Crippen LogP contribution in [0.25, 0.3) is 0 Å². The smallest absolute Gasteiger partial charge is 0.254 e. The molecule has 1 N–H and O–H groups in total. The van der Waals surface area contributed by atoms with Gasteiger partial charge < -0.3 is 14.6 Å². The van der Waals surface area contributed by atoms with Gasteiger partial charge in [-0.05, 0) is 29.7 Å². The predicted molar refractivity (Wildman–Crippen MR) is 78.4 cm³/mol. The minimum absolute atomic E-state index is 0.0753. The van der Waals surface area contributed by atoms with Crippen molar-refractivity contribution in [1.29, 1.82) is 0 Å². The lowest BCUT2D eigenvalue weighted by Crippen LogP contribution is -2.36.